The first-order valence-corrected chi connectivity index (χ1v) is 3.90. The number of nitrogen functional groups attached to an aromatic ring is 1. The Balaban J connectivity index is 2.67. The maximum atomic E-state index is 5.59. The lowest BCUT2D eigenvalue weighted by Gasteiger charge is -1.91. The van der Waals surface area contributed by atoms with E-state index in [1.807, 2.05) is 19.1 Å². The lowest BCUT2D eigenvalue weighted by Crippen LogP contribution is -1.91. The van der Waals surface area contributed by atoms with Crippen LogP contribution in [0.15, 0.2) is 18.3 Å². The molecule has 0 aromatic carbocycles. The van der Waals surface area contributed by atoms with E-state index in [1.54, 1.807) is 10.7 Å². The van der Waals surface area contributed by atoms with Gasteiger partial charge in [-0.2, -0.15) is 5.10 Å². The summed E-state index contributed by atoms with van der Waals surface area (Å²) in [6.07, 6.45) is 2.61. The Kier molecular flexibility index (Phi) is 1.46. The van der Waals surface area contributed by atoms with Gasteiger partial charge < -0.3 is 5.73 Å². The zero-order valence-corrected chi connectivity index (χ0v) is 6.86. The number of anilines is 1. The first-order valence-electron chi connectivity index (χ1n) is 3.90. The summed E-state index contributed by atoms with van der Waals surface area (Å²) in [6, 6.07) is 3.69. The van der Waals surface area contributed by atoms with Crippen LogP contribution in [0.2, 0.25) is 0 Å². The van der Waals surface area contributed by atoms with Crippen molar-refractivity contribution in [3.05, 3.63) is 24.2 Å². The van der Waals surface area contributed by atoms with Gasteiger partial charge in [-0.3, -0.25) is 0 Å². The molecular formula is C8H10N4. The molecule has 0 aliphatic carbocycles. The molecule has 2 aromatic heterocycles. The number of aryl methyl sites for hydroxylation is 1. The topological polar surface area (TPSA) is 56.2 Å². The predicted molar refractivity (Wildman–Crippen MR) is 46.8 cm³/mol. The molecule has 0 aliphatic rings. The van der Waals surface area contributed by atoms with Gasteiger partial charge in [0.2, 0.25) is 0 Å². The van der Waals surface area contributed by atoms with Crippen molar-refractivity contribution in [2.24, 2.45) is 0 Å². The Morgan fingerprint density at radius 2 is 2.33 bits per heavy atom. The smallest absolute Gasteiger partial charge is 0.155 e. The Hall–Kier alpha value is -1.58. The minimum Gasteiger partial charge on any atom is -0.397 e. The number of hydrogen-bond acceptors (Lipinski definition) is 3. The van der Waals surface area contributed by atoms with E-state index < -0.39 is 0 Å². The molecule has 0 saturated heterocycles. The predicted octanol–water partition coefficient (Wildman–Crippen LogP) is 0.874. The van der Waals surface area contributed by atoms with Gasteiger partial charge in [-0.25, -0.2) is 9.50 Å². The van der Waals surface area contributed by atoms with E-state index >= 15 is 0 Å². The van der Waals surface area contributed by atoms with Crippen LogP contribution in [0.3, 0.4) is 0 Å². The summed E-state index contributed by atoms with van der Waals surface area (Å²) in [5.74, 6) is 0.848. The lowest BCUT2D eigenvalue weighted by molar-refractivity contribution is 0.887. The fraction of sp³-hybridized carbons (Fsp3) is 0.250. The van der Waals surface area contributed by atoms with E-state index in [0.29, 0.717) is 5.69 Å². The molecule has 0 saturated carbocycles. The third kappa shape index (κ3) is 1.01. The molecule has 0 amide bonds. The van der Waals surface area contributed by atoms with Crippen LogP contribution in [0.4, 0.5) is 5.69 Å². The molecule has 0 atom stereocenters. The fourth-order valence-corrected chi connectivity index (χ4v) is 1.09. The highest BCUT2D eigenvalue weighted by atomic mass is 15.3. The molecule has 0 aliphatic heterocycles. The fourth-order valence-electron chi connectivity index (χ4n) is 1.09. The van der Waals surface area contributed by atoms with Crippen molar-refractivity contribution in [1.29, 1.82) is 0 Å². The number of rotatable bonds is 1. The quantitative estimate of drug-likeness (QED) is 0.677. The van der Waals surface area contributed by atoms with Crippen LogP contribution < -0.4 is 5.73 Å². The van der Waals surface area contributed by atoms with Gasteiger partial charge >= 0.3 is 0 Å². The van der Waals surface area contributed by atoms with E-state index in [0.717, 1.165) is 17.9 Å². The lowest BCUT2D eigenvalue weighted by atomic mass is 10.4. The summed E-state index contributed by atoms with van der Waals surface area (Å²) >= 11 is 0. The maximum Gasteiger partial charge on any atom is 0.155 e. The van der Waals surface area contributed by atoms with Crippen molar-refractivity contribution in [2.45, 2.75) is 13.3 Å². The first kappa shape index (κ1) is 7.09. The SMILES string of the molecule is CCc1nc2ccc(N)cn2n1. The number of aromatic nitrogens is 3. The van der Waals surface area contributed by atoms with Crippen molar-refractivity contribution in [2.75, 3.05) is 5.73 Å². The summed E-state index contributed by atoms with van der Waals surface area (Å²) in [5, 5.41) is 4.22. The van der Waals surface area contributed by atoms with Crippen molar-refractivity contribution < 1.29 is 0 Å². The molecule has 4 heteroatoms. The molecule has 62 valence electrons. The minimum atomic E-state index is 0.704. The third-order valence-electron chi connectivity index (χ3n) is 1.71. The Bertz CT molecular complexity index is 404. The average molecular weight is 162 g/mol. The van der Waals surface area contributed by atoms with Crippen molar-refractivity contribution in [3.8, 4) is 0 Å². The van der Waals surface area contributed by atoms with Gasteiger partial charge in [0.1, 0.15) is 0 Å². The number of nitrogens with two attached hydrogens (primary N) is 1. The number of fused-ring (bicyclic) bond motifs is 1. The molecule has 0 spiro atoms. The summed E-state index contributed by atoms with van der Waals surface area (Å²) in [4.78, 5) is 4.27. The van der Waals surface area contributed by atoms with Crippen molar-refractivity contribution in [3.63, 3.8) is 0 Å². The molecule has 0 radical (unpaired) electrons. The Labute approximate surface area is 70.0 Å². The minimum absolute atomic E-state index is 0.704. The zero-order valence-electron chi connectivity index (χ0n) is 6.86. The van der Waals surface area contributed by atoms with Gasteiger partial charge in [0.25, 0.3) is 0 Å². The maximum absolute atomic E-state index is 5.59. The monoisotopic (exact) mass is 162 g/mol. The van der Waals surface area contributed by atoms with E-state index in [1.165, 1.54) is 0 Å². The van der Waals surface area contributed by atoms with Gasteiger partial charge in [-0.15, -0.1) is 0 Å². The van der Waals surface area contributed by atoms with Crippen LogP contribution >= 0.6 is 0 Å². The van der Waals surface area contributed by atoms with E-state index in [4.69, 9.17) is 5.73 Å². The first-order chi connectivity index (χ1) is 5.79. The zero-order chi connectivity index (χ0) is 8.55. The number of pyridine rings is 1. The number of nitrogens with zero attached hydrogens (tertiary/aromatic N) is 3. The largest absolute Gasteiger partial charge is 0.397 e. The second kappa shape index (κ2) is 2.48. The highest BCUT2D eigenvalue weighted by Gasteiger charge is 1.99. The van der Waals surface area contributed by atoms with Crippen LogP contribution in [-0.4, -0.2) is 14.6 Å². The molecule has 2 rings (SSSR count). The molecule has 2 heterocycles. The van der Waals surface area contributed by atoms with E-state index in [9.17, 15) is 0 Å². The summed E-state index contributed by atoms with van der Waals surface area (Å²) in [5.41, 5.74) is 7.14. The van der Waals surface area contributed by atoms with E-state index in [-0.39, 0.29) is 0 Å². The highest BCUT2D eigenvalue weighted by Crippen LogP contribution is 2.05. The van der Waals surface area contributed by atoms with Gasteiger partial charge in [0, 0.05) is 6.42 Å². The number of hydrogen-bond donors (Lipinski definition) is 1. The molecule has 2 aromatic rings. The molecule has 0 unspecified atom stereocenters. The van der Waals surface area contributed by atoms with Crippen LogP contribution in [-0.2, 0) is 6.42 Å². The molecule has 4 nitrogen and oxygen atoms in total. The summed E-state index contributed by atoms with van der Waals surface area (Å²) in [6.45, 7) is 2.03. The van der Waals surface area contributed by atoms with Crippen LogP contribution in [0.25, 0.3) is 5.65 Å². The van der Waals surface area contributed by atoms with Crippen LogP contribution in [0.1, 0.15) is 12.7 Å². The standard InChI is InChI=1S/C8H10N4/c1-2-7-10-8-4-3-6(9)5-12(8)11-7/h3-5H,2,9H2,1H3. The molecule has 0 fully saturated rings. The highest BCUT2D eigenvalue weighted by molar-refractivity contribution is 5.46. The molecule has 0 bridgehead atoms. The summed E-state index contributed by atoms with van der Waals surface area (Å²) < 4.78 is 1.70. The second-order valence-electron chi connectivity index (χ2n) is 2.65. The van der Waals surface area contributed by atoms with Gasteiger partial charge in [-0.05, 0) is 12.1 Å². The Morgan fingerprint density at radius 1 is 1.50 bits per heavy atom. The molecule has 2 N–H and O–H groups in total. The second-order valence-corrected chi connectivity index (χ2v) is 2.65. The normalized spacial score (nSPS) is 10.8. The van der Waals surface area contributed by atoms with Gasteiger partial charge in [0.15, 0.2) is 11.5 Å². The molecular weight excluding hydrogens is 152 g/mol. The third-order valence-corrected chi connectivity index (χ3v) is 1.71. The van der Waals surface area contributed by atoms with Gasteiger partial charge in [0.05, 0.1) is 11.9 Å². The van der Waals surface area contributed by atoms with E-state index in [2.05, 4.69) is 10.1 Å². The Morgan fingerprint density at radius 3 is 3.08 bits per heavy atom. The molecule has 12 heavy (non-hydrogen) atoms. The summed E-state index contributed by atoms with van der Waals surface area (Å²) in [7, 11) is 0. The van der Waals surface area contributed by atoms with Crippen molar-refractivity contribution >= 4 is 11.3 Å². The van der Waals surface area contributed by atoms with Crippen molar-refractivity contribution in [1.82, 2.24) is 14.6 Å². The van der Waals surface area contributed by atoms with Crippen LogP contribution in [0, 0.1) is 0 Å². The van der Waals surface area contributed by atoms with Gasteiger partial charge in [-0.1, -0.05) is 6.92 Å². The van der Waals surface area contributed by atoms with Crippen LogP contribution in [0.5, 0.6) is 0 Å². The average Bonchev–Trinajstić information content (AvgIpc) is 2.46.